The summed E-state index contributed by atoms with van der Waals surface area (Å²) in [4.78, 5) is 11.1. The SMILES string of the molecule is Cc1ccc(S(=O)(=O)NCCc2ccc(OCc3ccc(C(F)(F)F)cc3)cc2)cc1C(=O)O.[HH]. The number of carboxylic acids is 1. The summed E-state index contributed by atoms with van der Waals surface area (Å²) in [5.41, 5.74) is 1.09. The van der Waals surface area contributed by atoms with Crippen LogP contribution in [0.15, 0.2) is 71.6 Å². The monoisotopic (exact) mass is 495 g/mol. The van der Waals surface area contributed by atoms with E-state index in [1.54, 1.807) is 31.2 Å². The Labute approximate surface area is 196 Å². The molecular weight excluding hydrogens is 471 g/mol. The van der Waals surface area contributed by atoms with Gasteiger partial charge in [0.05, 0.1) is 16.0 Å². The molecule has 0 radical (unpaired) electrons. The molecule has 3 aromatic carbocycles. The Balaban J connectivity index is 0.00000432. The molecule has 0 amide bonds. The summed E-state index contributed by atoms with van der Waals surface area (Å²) < 4.78 is 70.8. The minimum Gasteiger partial charge on any atom is -0.489 e. The molecule has 0 saturated heterocycles. The first-order valence-electron chi connectivity index (χ1n) is 10.2. The van der Waals surface area contributed by atoms with Gasteiger partial charge < -0.3 is 9.84 Å². The second kappa shape index (κ2) is 10.3. The zero-order chi connectivity index (χ0) is 24.9. The average Bonchev–Trinajstić information content (AvgIpc) is 2.78. The van der Waals surface area contributed by atoms with Gasteiger partial charge in [-0.3, -0.25) is 0 Å². The first-order chi connectivity index (χ1) is 16.0. The molecule has 0 aliphatic carbocycles. The normalized spacial score (nSPS) is 11.9. The zero-order valence-electron chi connectivity index (χ0n) is 18.1. The smallest absolute Gasteiger partial charge is 0.416 e. The van der Waals surface area contributed by atoms with E-state index in [-0.39, 0.29) is 25.0 Å². The summed E-state index contributed by atoms with van der Waals surface area (Å²) in [6.45, 7) is 1.79. The summed E-state index contributed by atoms with van der Waals surface area (Å²) in [7, 11) is -3.87. The number of alkyl halides is 3. The molecule has 0 bridgehead atoms. The van der Waals surface area contributed by atoms with Gasteiger partial charge in [-0.2, -0.15) is 13.2 Å². The Morgan fingerprint density at radius 2 is 1.62 bits per heavy atom. The van der Waals surface area contributed by atoms with Gasteiger partial charge in [0.1, 0.15) is 12.4 Å². The largest absolute Gasteiger partial charge is 0.489 e. The van der Waals surface area contributed by atoms with E-state index in [0.717, 1.165) is 23.8 Å². The van der Waals surface area contributed by atoms with E-state index < -0.39 is 27.7 Å². The van der Waals surface area contributed by atoms with Crippen LogP contribution in [-0.2, 0) is 29.2 Å². The van der Waals surface area contributed by atoms with Crippen molar-refractivity contribution in [1.29, 1.82) is 0 Å². The Hall–Kier alpha value is -3.37. The predicted molar refractivity (Wildman–Crippen MR) is 121 cm³/mol. The molecule has 0 aromatic heterocycles. The van der Waals surface area contributed by atoms with E-state index in [9.17, 15) is 31.5 Å². The minimum atomic E-state index is -4.38. The van der Waals surface area contributed by atoms with Crippen LogP contribution in [0.4, 0.5) is 13.2 Å². The molecule has 0 aliphatic rings. The number of benzene rings is 3. The van der Waals surface area contributed by atoms with Crippen molar-refractivity contribution in [2.75, 3.05) is 6.54 Å². The number of aryl methyl sites for hydroxylation is 1. The van der Waals surface area contributed by atoms with Gasteiger partial charge in [0.2, 0.25) is 10.0 Å². The fourth-order valence-corrected chi connectivity index (χ4v) is 4.18. The van der Waals surface area contributed by atoms with Crippen LogP contribution in [0.3, 0.4) is 0 Å². The molecular formula is C24H24F3NO5S. The molecule has 0 aliphatic heterocycles. The quantitative estimate of drug-likeness (QED) is 0.433. The van der Waals surface area contributed by atoms with E-state index >= 15 is 0 Å². The third-order valence-corrected chi connectivity index (χ3v) is 6.52. The third kappa shape index (κ3) is 6.58. The number of aromatic carboxylic acids is 1. The van der Waals surface area contributed by atoms with Crippen molar-refractivity contribution < 1.29 is 37.7 Å². The molecule has 0 unspecified atom stereocenters. The maximum Gasteiger partial charge on any atom is 0.416 e. The maximum atomic E-state index is 12.6. The molecule has 0 spiro atoms. The van der Waals surface area contributed by atoms with Crippen molar-refractivity contribution in [3.8, 4) is 5.75 Å². The summed E-state index contributed by atoms with van der Waals surface area (Å²) in [5.74, 6) is -0.680. The van der Waals surface area contributed by atoms with E-state index in [4.69, 9.17) is 4.74 Å². The summed E-state index contributed by atoms with van der Waals surface area (Å²) >= 11 is 0. The van der Waals surface area contributed by atoms with Gasteiger partial charge in [0.25, 0.3) is 0 Å². The lowest BCUT2D eigenvalue weighted by molar-refractivity contribution is -0.137. The van der Waals surface area contributed by atoms with Gasteiger partial charge in [-0.05, 0) is 66.4 Å². The van der Waals surface area contributed by atoms with Gasteiger partial charge in [0, 0.05) is 7.97 Å². The number of nitrogens with one attached hydrogen (secondary N) is 1. The number of rotatable bonds is 9. The molecule has 6 nitrogen and oxygen atoms in total. The molecule has 3 aromatic rings. The molecule has 34 heavy (non-hydrogen) atoms. The number of ether oxygens (including phenoxy) is 1. The molecule has 2 N–H and O–H groups in total. The fraction of sp³-hybridized carbons (Fsp3) is 0.208. The van der Waals surface area contributed by atoms with Crippen LogP contribution in [0.25, 0.3) is 0 Å². The number of sulfonamides is 1. The highest BCUT2D eigenvalue weighted by Gasteiger charge is 2.29. The van der Waals surface area contributed by atoms with E-state index in [2.05, 4.69) is 4.72 Å². The standard InChI is InChI=1S/C24H22F3NO5S.H2/c1-16-2-11-21(14-22(16)23(29)30)34(31,32)28-13-12-17-5-9-20(10-6-17)33-15-18-3-7-19(8-4-18)24(25,26)27;/h2-11,14,28H,12-13,15H2,1H3,(H,29,30);1H. The zero-order valence-corrected chi connectivity index (χ0v) is 18.9. The first-order valence-corrected chi connectivity index (χ1v) is 11.7. The lowest BCUT2D eigenvalue weighted by atomic mass is 10.1. The van der Waals surface area contributed by atoms with Crippen molar-refractivity contribution in [3.63, 3.8) is 0 Å². The summed E-state index contributed by atoms with van der Waals surface area (Å²) in [6.07, 6.45) is -4.00. The highest BCUT2D eigenvalue weighted by molar-refractivity contribution is 7.89. The van der Waals surface area contributed by atoms with Crippen LogP contribution in [-0.4, -0.2) is 26.0 Å². The van der Waals surface area contributed by atoms with Gasteiger partial charge in [0.15, 0.2) is 0 Å². The first kappa shape index (κ1) is 25.3. The van der Waals surface area contributed by atoms with Crippen LogP contribution >= 0.6 is 0 Å². The number of carbonyl (C=O) groups is 1. The Morgan fingerprint density at radius 1 is 1.00 bits per heavy atom. The van der Waals surface area contributed by atoms with Crippen molar-refractivity contribution >= 4 is 16.0 Å². The Morgan fingerprint density at radius 3 is 2.21 bits per heavy atom. The van der Waals surface area contributed by atoms with E-state index in [1.807, 2.05) is 0 Å². The third-order valence-electron chi connectivity index (χ3n) is 5.07. The molecule has 0 saturated carbocycles. The summed E-state index contributed by atoms with van der Waals surface area (Å²) in [6, 6.07) is 15.5. The van der Waals surface area contributed by atoms with Gasteiger partial charge >= 0.3 is 12.1 Å². The van der Waals surface area contributed by atoms with Crippen molar-refractivity contribution in [2.24, 2.45) is 0 Å². The molecule has 182 valence electrons. The number of halogens is 3. The van der Waals surface area contributed by atoms with Crippen LogP contribution in [0, 0.1) is 6.92 Å². The minimum absolute atomic E-state index is 0. The maximum absolute atomic E-state index is 12.6. The van der Waals surface area contributed by atoms with E-state index in [1.165, 1.54) is 24.3 Å². The summed E-state index contributed by atoms with van der Waals surface area (Å²) in [5, 5.41) is 9.18. The van der Waals surface area contributed by atoms with E-state index in [0.29, 0.717) is 23.3 Å². The molecule has 0 atom stereocenters. The predicted octanol–water partition coefficient (Wildman–Crippen LogP) is 5.06. The van der Waals surface area contributed by atoms with Crippen LogP contribution in [0.2, 0.25) is 0 Å². The van der Waals surface area contributed by atoms with Crippen LogP contribution < -0.4 is 9.46 Å². The second-order valence-corrected chi connectivity index (χ2v) is 9.32. The molecule has 3 rings (SSSR count). The van der Waals surface area contributed by atoms with Gasteiger partial charge in [-0.1, -0.05) is 30.3 Å². The number of hydrogen-bond donors (Lipinski definition) is 2. The fourth-order valence-electron chi connectivity index (χ4n) is 3.12. The van der Waals surface area contributed by atoms with Gasteiger partial charge in [-0.15, -0.1) is 0 Å². The van der Waals surface area contributed by atoms with Crippen LogP contribution in [0.1, 0.15) is 34.0 Å². The van der Waals surface area contributed by atoms with Crippen molar-refractivity contribution in [2.45, 2.75) is 31.0 Å². The number of hydrogen-bond acceptors (Lipinski definition) is 4. The van der Waals surface area contributed by atoms with Crippen molar-refractivity contribution in [1.82, 2.24) is 4.72 Å². The van der Waals surface area contributed by atoms with Gasteiger partial charge in [-0.25, -0.2) is 17.9 Å². The Kier molecular flexibility index (Phi) is 7.63. The van der Waals surface area contributed by atoms with Crippen molar-refractivity contribution in [3.05, 3.63) is 94.5 Å². The lowest BCUT2D eigenvalue weighted by Crippen LogP contribution is -2.26. The highest BCUT2D eigenvalue weighted by Crippen LogP contribution is 2.29. The Bertz CT molecular complexity index is 1260. The average molecular weight is 496 g/mol. The lowest BCUT2D eigenvalue weighted by Gasteiger charge is -2.10. The molecule has 0 heterocycles. The molecule has 10 heteroatoms. The molecule has 0 fully saturated rings. The highest BCUT2D eigenvalue weighted by atomic mass is 32.2. The number of carboxylic acid groups (broad SMARTS) is 1. The van der Waals surface area contributed by atoms with Crippen LogP contribution in [0.5, 0.6) is 5.75 Å². The topological polar surface area (TPSA) is 92.7 Å². The second-order valence-electron chi connectivity index (χ2n) is 7.56.